The van der Waals surface area contributed by atoms with Gasteiger partial charge in [-0.15, -0.1) is 24.0 Å². The molecule has 0 saturated carbocycles. The lowest BCUT2D eigenvalue weighted by Gasteiger charge is -2.35. The Morgan fingerprint density at radius 1 is 1.19 bits per heavy atom. The van der Waals surface area contributed by atoms with Crippen molar-refractivity contribution in [2.75, 3.05) is 57.8 Å². The largest absolute Gasteiger partial charge is 0.416 e. The van der Waals surface area contributed by atoms with Gasteiger partial charge in [-0.3, -0.25) is 4.90 Å². The number of anilines is 1. The monoisotopic (exact) mass is 554 g/mol. The van der Waals surface area contributed by atoms with Gasteiger partial charge in [0.2, 0.25) is 0 Å². The lowest BCUT2D eigenvalue weighted by molar-refractivity contribution is -0.137. The number of hydrogen-bond donors (Lipinski definition) is 2. The average molecular weight is 554 g/mol. The van der Waals surface area contributed by atoms with Crippen LogP contribution in [0.4, 0.5) is 18.9 Å². The molecule has 2 aliphatic heterocycles. The second kappa shape index (κ2) is 11.6. The van der Waals surface area contributed by atoms with Gasteiger partial charge in [0, 0.05) is 44.5 Å². The van der Waals surface area contributed by atoms with Crippen molar-refractivity contribution in [3.63, 3.8) is 0 Å². The van der Waals surface area contributed by atoms with Crippen molar-refractivity contribution >= 4 is 35.6 Å². The smallest absolute Gasteiger partial charge is 0.370 e. The molecule has 31 heavy (non-hydrogen) atoms. The molecule has 0 radical (unpaired) electrons. The summed E-state index contributed by atoms with van der Waals surface area (Å²) < 4.78 is 39.8. The van der Waals surface area contributed by atoms with Crippen molar-refractivity contribution in [1.29, 1.82) is 0 Å². The molecular weight excluding hydrogens is 520 g/mol. The number of benzene rings is 1. The van der Waals surface area contributed by atoms with Gasteiger partial charge in [0.15, 0.2) is 5.96 Å². The van der Waals surface area contributed by atoms with Gasteiger partial charge in [-0.25, -0.2) is 4.99 Å². The summed E-state index contributed by atoms with van der Waals surface area (Å²) in [4.78, 5) is 11.1. The van der Waals surface area contributed by atoms with Crippen LogP contribution in [0, 0.1) is 0 Å². The van der Waals surface area contributed by atoms with Gasteiger partial charge in [-0.05, 0) is 56.7 Å². The van der Waals surface area contributed by atoms with E-state index in [2.05, 4.69) is 31.9 Å². The molecule has 0 bridgehead atoms. The van der Waals surface area contributed by atoms with Gasteiger partial charge in [0.25, 0.3) is 0 Å². The normalized spacial score (nSPS) is 21.3. The fraction of sp³-hybridized carbons (Fsp3) is 0.667. The third kappa shape index (κ3) is 7.11. The van der Waals surface area contributed by atoms with Crippen LogP contribution in [0.15, 0.2) is 23.2 Å². The molecule has 1 atom stereocenters. The van der Waals surface area contributed by atoms with Gasteiger partial charge < -0.3 is 20.9 Å². The van der Waals surface area contributed by atoms with Crippen molar-refractivity contribution in [3.05, 3.63) is 29.3 Å². The maximum atomic E-state index is 13.3. The van der Waals surface area contributed by atoms with E-state index >= 15 is 0 Å². The molecular formula is C21H34F3IN6. The number of nitrogens with zero attached hydrogens (tertiary/aromatic N) is 4. The molecule has 0 aromatic heterocycles. The summed E-state index contributed by atoms with van der Waals surface area (Å²) in [7, 11) is 2.05. The summed E-state index contributed by atoms with van der Waals surface area (Å²) in [6, 6.07) is 4.36. The number of likely N-dealkylation sites (tertiary alicyclic amines) is 1. The van der Waals surface area contributed by atoms with Crippen LogP contribution < -0.4 is 16.0 Å². The van der Waals surface area contributed by atoms with Gasteiger partial charge in [-0.1, -0.05) is 6.92 Å². The average Bonchev–Trinajstić information content (AvgIpc) is 3.18. The Morgan fingerprint density at radius 3 is 2.55 bits per heavy atom. The number of nitrogens with one attached hydrogen (secondary N) is 1. The first kappa shape index (κ1) is 26.0. The Morgan fingerprint density at radius 2 is 1.90 bits per heavy atom. The zero-order valence-electron chi connectivity index (χ0n) is 18.3. The van der Waals surface area contributed by atoms with Crippen LogP contribution >= 0.6 is 24.0 Å². The molecule has 0 spiro atoms. The molecule has 2 fully saturated rings. The number of halogens is 4. The highest BCUT2D eigenvalue weighted by Gasteiger charge is 2.31. The van der Waals surface area contributed by atoms with E-state index in [9.17, 15) is 13.2 Å². The Bertz CT molecular complexity index is 734. The first-order chi connectivity index (χ1) is 14.3. The van der Waals surface area contributed by atoms with Crippen molar-refractivity contribution in [1.82, 2.24) is 15.1 Å². The zero-order chi connectivity index (χ0) is 21.7. The SMILES string of the molecule is CCN1CCCC1CNC(N)=NCc1cc(C(F)(F)F)ccc1N1CCN(C)CC1.I. The first-order valence-electron chi connectivity index (χ1n) is 10.7. The van der Waals surface area contributed by atoms with Crippen LogP contribution in [0.2, 0.25) is 0 Å². The lowest BCUT2D eigenvalue weighted by Crippen LogP contribution is -2.45. The van der Waals surface area contributed by atoms with Crippen molar-refractivity contribution in [2.45, 2.75) is 38.5 Å². The standard InChI is InChI=1S/C21H33F3N6.HI/c1-3-29-8-4-5-18(29)15-27-20(25)26-14-16-13-17(21(22,23)24)6-7-19(16)30-11-9-28(2)10-12-30;/h6-7,13,18H,3-5,8-12,14-15H2,1-2H3,(H3,25,26,27);1H. The van der Waals surface area contributed by atoms with E-state index in [0.717, 1.165) is 57.4 Å². The van der Waals surface area contributed by atoms with E-state index in [4.69, 9.17) is 5.73 Å². The Balaban J connectivity index is 0.00000341. The molecule has 176 valence electrons. The summed E-state index contributed by atoms with van der Waals surface area (Å²) in [5.74, 6) is 0.277. The quantitative estimate of drug-likeness (QED) is 0.322. The molecule has 10 heteroatoms. The van der Waals surface area contributed by atoms with Gasteiger partial charge in [0.1, 0.15) is 0 Å². The minimum Gasteiger partial charge on any atom is -0.370 e. The highest BCUT2D eigenvalue weighted by Crippen LogP contribution is 2.33. The van der Waals surface area contributed by atoms with E-state index in [1.165, 1.54) is 12.5 Å². The second-order valence-electron chi connectivity index (χ2n) is 8.14. The summed E-state index contributed by atoms with van der Waals surface area (Å²) >= 11 is 0. The van der Waals surface area contributed by atoms with E-state index < -0.39 is 11.7 Å². The Kier molecular flexibility index (Phi) is 9.68. The summed E-state index contributed by atoms with van der Waals surface area (Å²) in [5, 5.41) is 3.15. The second-order valence-corrected chi connectivity index (χ2v) is 8.14. The molecule has 0 aliphatic carbocycles. The number of aliphatic imine (C=N–C) groups is 1. The molecule has 3 rings (SSSR count). The molecule has 0 amide bonds. The summed E-state index contributed by atoms with van der Waals surface area (Å²) in [5.41, 5.74) is 6.74. The van der Waals surface area contributed by atoms with E-state index in [0.29, 0.717) is 18.2 Å². The van der Waals surface area contributed by atoms with E-state index in [1.807, 2.05) is 7.05 Å². The first-order valence-corrected chi connectivity index (χ1v) is 10.7. The van der Waals surface area contributed by atoms with Crippen LogP contribution in [0.25, 0.3) is 0 Å². The van der Waals surface area contributed by atoms with Gasteiger partial charge in [0.05, 0.1) is 12.1 Å². The molecule has 1 aromatic rings. The van der Waals surface area contributed by atoms with Gasteiger partial charge >= 0.3 is 6.18 Å². The van der Waals surface area contributed by atoms with Gasteiger partial charge in [-0.2, -0.15) is 13.2 Å². The number of rotatable bonds is 6. The van der Waals surface area contributed by atoms with Crippen LogP contribution in [-0.4, -0.2) is 74.7 Å². The third-order valence-corrected chi connectivity index (χ3v) is 6.09. The van der Waals surface area contributed by atoms with Crippen molar-refractivity contribution in [3.8, 4) is 0 Å². The minimum atomic E-state index is -4.38. The number of guanidine groups is 1. The molecule has 6 nitrogen and oxygen atoms in total. The van der Waals surface area contributed by atoms with E-state index in [-0.39, 0.29) is 36.5 Å². The van der Waals surface area contributed by atoms with Crippen LogP contribution in [0.1, 0.15) is 30.9 Å². The summed E-state index contributed by atoms with van der Waals surface area (Å²) in [6.07, 6.45) is -2.08. The molecule has 1 unspecified atom stereocenters. The van der Waals surface area contributed by atoms with Crippen LogP contribution in [0.5, 0.6) is 0 Å². The highest BCUT2D eigenvalue weighted by atomic mass is 127. The lowest BCUT2D eigenvalue weighted by atomic mass is 10.1. The topological polar surface area (TPSA) is 60.1 Å². The molecule has 2 heterocycles. The van der Waals surface area contributed by atoms with Crippen LogP contribution in [0.3, 0.4) is 0 Å². The highest BCUT2D eigenvalue weighted by molar-refractivity contribution is 14.0. The van der Waals surface area contributed by atoms with E-state index in [1.54, 1.807) is 6.07 Å². The zero-order valence-corrected chi connectivity index (χ0v) is 20.6. The number of likely N-dealkylation sites (N-methyl/N-ethyl adjacent to an activating group) is 2. The number of alkyl halides is 3. The molecule has 2 saturated heterocycles. The number of nitrogens with two attached hydrogens (primary N) is 1. The Labute approximate surface area is 200 Å². The number of hydrogen-bond acceptors (Lipinski definition) is 4. The van der Waals surface area contributed by atoms with Crippen LogP contribution in [-0.2, 0) is 12.7 Å². The predicted molar refractivity (Wildman–Crippen MR) is 130 cm³/mol. The molecule has 3 N–H and O–H groups in total. The fourth-order valence-corrected chi connectivity index (χ4v) is 4.24. The molecule has 2 aliphatic rings. The third-order valence-electron chi connectivity index (χ3n) is 6.09. The maximum absolute atomic E-state index is 13.3. The van der Waals surface area contributed by atoms with Crippen molar-refractivity contribution in [2.24, 2.45) is 10.7 Å². The number of piperazine rings is 1. The maximum Gasteiger partial charge on any atom is 0.416 e. The fourth-order valence-electron chi connectivity index (χ4n) is 4.24. The predicted octanol–water partition coefficient (Wildman–Crippen LogP) is 2.96. The Hall–Kier alpha value is -1.27. The minimum absolute atomic E-state index is 0. The summed E-state index contributed by atoms with van der Waals surface area (Å²) in [6.45, 7) is 8.38. The van der Waals surface area contributed by atoms with Crippen molar-refractivity contribution < 1.29 is 13.2 Å². The molecule has 1 aromatic carbocycles.